The third-order valence-electron chi connectivity index (χ3n) is 2.70. The molecule has 4 nitrogen and oxygen atoms in total. The van der Waals surface area contributed by atoms with Crippen LogP contribution in [-0.2, 0) is 12.5 Å². The average Bonchev–Trinajstić information content (AvgIpc) is 2.45. The van der Waals surface area contributed by atoms with E-state index in [0.29, 0.717) is 21.7 Å². The third kappa shape index (κ3) is 4.15. The molecule has 0 spiro atoms. The summed E-state index contributed by atoms with van der Waals surface area (Å²) in [5.74, 6) is 0.268. The van der Waals surface area contributed by atoms with Gasteiger partial charge in [-0.05, 0) is 45.3 Å². The Morgan fingerprint density at radius 2 is 2.00 bits per heavy atom. The molecule has 110 valence electrons. The number of benzene rings is 2. The highest BCUT2D eigenvalue weighted by molar-refractivity contribution is 9.10. The van der Waals surface area contributed by atoms with E-state index >= 15 is 0 Å². The fraction of sp³-hybridized carbons (Fsp3) is 0.143. The lowest BCUT2D eigenvalue weighted by atomic mass is 10.2. The summed E-state index contributed by atoms with van der Waals surface area (Å²) in [5.41, 5.74) is 1.01. The summed E-state index contributed by atoms with van der Waals surface area (Å²) in [6.45, 7) is 0.0252. The van der Waals surface area contributed by atoms with Gasteiger partial charge in [0.2, 0.25) is 0 Å². The summed E-state index contributed by atoms with van der Waals surface area (Å²) in [6.07, 6.45) is 0. The summed E-state index contributed by atoms with van der Waals surface area (Å²) >= 11 is 9.07. The van der Waals surface area contributed by atoms with Gasteiger partial charge in [0.05, 0.1) is 15.5 Å². The van der Waals surface area contributed by atoms with E-state index in [1.165, 1.54) is 12.1 Å². The van der Waals surface area contributed by atoms with Gasteiger partial charge in [0, 0.05) is 11.9 Å². The summed E-state index contributed by atoms with van der Waals surface area (Å²) in [4.78, 5) is 10.0. The van der Waals surface area contributed by atoms with Crippen molar-refractivity contribution in [3.8, 4) is 5.75 Å². The first-order valence-corrected chi connectivity index (χ1v) is 7.23. The largest absolute Gasteiger partial charge is 0.488 e. The molecule has 0 atom stereocenters. The molecule has 0 amide bonds. The number of non-ortho nitro benzene ring substituents is 1. The van der Waals surface area contributed by atoms with Crippen LogP contribution in [-0.4, -0.2) is 4.92 Å². The van der Waals surface area contributed by atoms with Gasteiger partial charge < -0.3 is 4.74 Å². The maximum Gasteiger partial charge on any atom is 0.272 e. The van der Waals surface area contributed by atoms with E-state index < -0.39 is 10.7 Å². The topological polar surface area (TPSA) is 52.4 Å². The van der Waals surface area contributed by atoms with Crippen LogP contribution < -0.4 is 4.74 Å². The molecule has 0 fully saturated rings. The molecular weight excluding hydrogens is 365 g/mol. The molecule has 2 rings (SSSR count). The molecule has 0 aromatic heterocycles. The van der Waals surface area contributed by atoms with Gasteiger partial charge in [-0.25, -0.2) is 4.39 Å². The summed E-state index contributed by atoms with van der Waals surface area (Å²) < 4.78 is 19.6. The third-order valence-corrected chi connectivity index (χ3v) is 3.63. The number of rotatable bonds is 5. The molecule has 0 unspecified atom stereocenters. The van der Waals surface area contributed by atoms with Crippen LogP contribution in [0.4, 0.5) is 10.1 Å². The SMILES string of the molecule is O=[N+]([O-])c1cc(F)cc(COc2ccc(CCl)cc2Br)c1. The predicted octanol–water partition coefficient (Wildman–Crippen LogP) is 4.81. The quantitative estimate of drug-likeness (QED) is 0.428. The second-order valence-corrected chi connectivity index (χ2v) is 5.38. The van der Waals surface area contributed by atoms with Crippen LogP contribution in [0.1, 0.15) is 11.1 Å². The number of nitro groups is 1. The molecule has 7 heteroatoms. The highest BCUT2D eigenvalue weighted by Crippen LogP contribution is 2.28. The minimum absolute atomic E-state index is 0.0252. The predicted molar refractivity (Wildman–Crippen MR) is 81.1 cm³/mol. The van der Waals surface area contributed by atoms with Crippen molar-refractivity contribution in [1.82, 2.24) is 0 Å². The van der Waals surface area contributed by atoms with Gasteiger partial charge in [0.15, 0.2) is 0 Å². The minimum Gasteiger partial charge on any atom is -0.488 e. The zero-order valence-electron chi connectivity index (χ0n) is 10.7. The molecule has 21 heavy (non-hydrogen) atoms. The van der Waals surface area contributed by atoms with E-state index in [2.05, 4.69) is 15.9 Å². The molecule has 0 aliphatic heterocycles. The van der Waals surface area contributed by atoms with Crippen molar-refractivity contribution in [2.45, 2.75) is 12.5 Å². The number of ether oxygens (including phenoxy) is 1. The normalized spacial score (nSPS) is 10.4. The molecule has 0 saturated carbocycles. The molecule has 0 aliphatic carbocycles. The van der Waals surface area contributed by atoms with Crippen LogP contribution in [0.15, 0.2) is 40.9 Å². The molecule has 0 aliphatic rings. The Labute approximate surface area is 133 Å². The van der Waals surface area contributed by atoms with E-state index in [1.807, 2.05) is 6.07 Å². The van der Waals surface area contributed by atoms with Gasteiger partial charge in [-0.3, -0.25) is 10.1 Å². The van der Waals surface area contributed by atoms with Crippen molar-refractivity contribution in [3.05, 3.63) is 67.9 Å². The van der Waals surface area contributed by atoms with E-state index in [-0.39, 0.29) is 12.3 Å². The van der Waals surface area contributed by atoms with Crippen LogP contribution in [0.3, 0.4) is 0 Å². The first-order chi connectivity index (χ1) is 9.99. The molecule has 0 N–H and O–H groups in total. The van der Waals surface area contributed by atoms with E-state index in [1.54, 1.807) is 12.1 Å². The summed E-state index contributed by atoms with van der Waals surface area (Å²) in [7, 11) is 0. The zero-order valence-corrected chi connectivity index (χ0v) is 13.0. The summed E-state index contributed by atoms with van der Waals surface area (Å²) in [5, 5.41) is 10.7. The Morgan fingerprint density at radius 1 is 1.24 bits per heavy atom. The number of nitro benzene ring substituents is 1. The van der Waals surface area contributed by atoms with Crippen LogP contribution >= 0.6 is 27.5 Å². The van der Waals surface area contributed by atoms with Gasteiger partial charge in [0.25, 0.3) is 5.69 Å². The van der Waals surface area contributed by atoms with Crippen molar-refractivity contribution in [2.75, 3.05) is 0 Å². The van der Waals surface area contributed by atoms with Crippen LogP contribution in [0.2, 0.25) is 0 Å². The fourth-order valence-electron chi connectivity index (χ4n) is 1.73. The zero-order chi connectivity index (χ0) is 15.4. The standard InChI is InChI=1S/C14H10BrClFNO3/c15-13-5-9(7-16)1-2-14(13)21-8-10-3-11(17)6-12(4-10)18(19)20/h1-6H,7-8H2. The molecule has 2 aromatic carbocycles. The van der Waals surface area contributed by atoms with Gasteiger partial charge >= 0.3 is 0 Å². The van der Waals surface area contributed by atoms with Crippen molar-refractivity contribution in [3.63, 3.8) is 0 Å². The second-order valence-electron chi connectivity index (χ2n) is 4.26. The number of hydrogen-bond acceptors (Lipinski definition) is 3. The Kier molecular flexibility index (Phi) is 5.14. The number of halogens is 3. The van der Waals surface area contributed by atoms with Gasteiger partial charge in [0.1, 0.15) is 18.2 Å². The first-order valence-electron chi connectivity index (χ1n) is 5.90. The van der Waals surface area contributed by atoms with Crippen LogP contribution in [0, 0.1) is 15.9 Å². The monoisotopic (exact) mass is 373 g/mol. The van der Waals surface area contributed by atoms with Gasteiger partial charge in [-0.2, -0.15) is 0 Å². The van der Waals surface area contributed by atoms with Crippen molar-refractivity contribution < 1.29 is 14.1 Å². The lowest BCUT2D eigenvalue weighted by Gasteiger charge is -2.09. The van der Waals surface area contributed by atoms with Crippen LogP contribution in [0.5, 0.6) is 5.75 Å². The average molecular weight is 375 g/mol. The molecule has 2 aromatic rings. The Bertz CT molecular complexity index is 681. The molecule has 0 radical (unpaired) electrons. The molecule has 0 saturated heterocycles. The van der Waals surface area contributed by atoms with Crippen molar-refractivity contribution in [2.24, 2.45) is 0 Å². The minimum atomic E-state index is -0.667. The van der Waals surface area contributed by atoms with Crippen molar-refractivity contribution >= 4 is 33.2 Å². The number of nitrogens with zero attached hydrogens (tertiary/aromatic N) is 1. The maximum atomic E-state index is 13.3. The highest BCUT2D eigenvalue weighted by Gasteiger charge is 2.11. The summed E-state index contributed by atoms with van der Waals surface area (Å²) in [6, 6.07) is 8.71. The molecule has 0 bridgehead atoms. The molecule has 0 heterocycles. The van der Waals surface area contributed by atoms with Gasteiger partial charge in [-0.1, -0.05) is 6.07 Å². The fourth-order valence-corrected chi connectivity index (χ4v) is 2.43. The first kappa shape index (κ1) is 15.7. The number of hydrogen-bond donors (Lipinski definition) is 0. The molecular formula is C14H10BrClFNO3. The van der Waals surface area contributed by atoms with Crippen molar-refractivity contribution in [1.29, 1.82) is 0 Å². The van der Waals surface area contributed by atoms with Crippen LogP contribution in [0.25, 0.3) is 0 Å². The second kappa shape index (κ2) is 6.87. The van der Waals surface area contributed by atoms with Gasteiger partial charge in [-0.15, -0.1) is 11.6 Å². The number of alkyl halides is 1. The smallest absolute Gasteiger partial charge is 0.272 e. The lowest BCUT2D eigenvalue weighted by molar-refractivity contribution is -0.385. The lowest BCUT2D eigenvalue weighted by Crippen LogP contribution is -1.99. The van der Waals surface area contributed by atoms with E-state index in [0.717, 1.165) is 11.6 Å². The van der Waals surface area contributed by atoms with E-state index in [4.69, 9.17) is 16.3 Å². The highest BCUT2D eigenvalue weighted by atomic mass is 79.9. The maximum absolute atomic E-state index is 13.3. The Hall–Kier alpha value is -1.66. The van der Waals surface area contributed by atoms with E-state index in [9.17, 15) is 14.5 Å². The Balaban J connectivity index is 2.14. The Morgan fingerprint density at radius 3 is 2.62 bits per heavy atom.